The number of halogens is 1. The standard InChI is InChI=1S/C12H18ClN3/c1-2-3-10-5-8-16(9-6-10)11-4-7-14-12(13)15-11/h4,7,10H,2-3,5-6,8-9H2,1H3. The Morgan fingerprint density at radius 3 is 2.81 bits per heavy atom. The van der Waals surface area contributed by atoms with Gasteiger partial charge in [-0.05, 0) is 36.4 Å². The smallest absolute Gasteiger partial charge is 0.224 e. The van der Waals surface area contributed by atoms with Crippen molar-refractivity contribution in [3.8, 4) is 0 Å². The average molecular weight is 240 g/mol. The number of hydrogen-bond acceptors (Lipinski definition) is 3. The second-order valence-corrected chi connectivity index (χ2v) is 4.74. The number of rotatable bonds is 3. The lowest BCUT2D eigenvalue weighted by Gasteiger charge is -2.32. The van der Waals surface area contributed by atoms with Gasteiger partial charge in [0.05, 0.1) is 0 Å². The van der Waals surface area contributed by atoms with E-state index in [1.54, 1.807) is 6.20 Å². The van der Waals surface area contributed by atoms with E-state index in [4.69, 9.17) is 11.6 Å². The fourth-order valence-corrected chi connectivity index (χ4v) is 2.50. The van der Waals surface area contributed by atoms with Crippen LogP contribution in [0.25, 0.3) is 0 Å². The monoisotopic (exact) mass is 239 g/mol. The lowest BCUT2D eigenvalue weighted by molar-refractivity contribution is 0.377. The van der Waals surface area contributed by atoms with Crippen LogP contribution in [0.15, 0.2) is 12.3 Å². The van der Waals surface area contributed by atoms with Crippen molar-refractivity contribution >= 4 is 17.4 Å². The van der Waals surface area contributed by atoms with E-state index in [0.717, 1.165) is 24.8 Å². The summed E-state index contributed by atoms with van der Waals surface area (Å²) in [5.41, 5.74) is 0. The molecule has 0 N–H and O–H groups in total. The molecule has 0 atom stereocenters. The minimum Gasteiger partial charge on any atom is -0.356 e. The maximum atomic E-state index is 5.79. The lowest BCUT2D eigenvalue weighted by Crippen LogP contribution is -2.34. The second kappa shape index (κ2) is 5.48. The van der Waals surface area contributed by atoms with E-state index in [9.17, 15) is 0 Å². The quantitative estimate of drug-likeness (QED) is 0.759. The molecule has 16 heavy (non-hydrogen) atoms. The highest BCUT2D eigenvalue weighted by Crippen LogP contribution is 2.24. The Kier molecular flexibility index (Phi) is 3.99. The van der Waals surface area contributed by atoms with Crippen molar-refractivity contribution < 1.29 is 0 Å². The van der Waals surface area contributed by atoms with E-state index >= 15 is 0 Å². The van der Waals surface area contributed by atoms with Crippen molar-refractivity contribution in [3.05, 3.63) is 17.5 Å². The Balaban J connectivity index is 1.94. The normalized spacial score (nSPS) is 17.8. The molecule has 0 bridgehead atoms. The first-order valence-corrected chi connectivity index (χ1v) is 6.41. The van der Waals surface area contributed by atoms with Crippen LogP contribution >= 0.6 is 11.6 Å². The van der Waals surface area contributed by atoms with Gasteiger partial charge in [0.2, 0.25) is 5.28 Å². The van der Waals surface area contributed by atoms with Gasteiger partial charge in [0.25, 0.3) is 0 Å². The van der Waals surface area contributed by atoms with Crippen LogP contribution in [-0.4, -0.2) is 23.1 Å². The van der Waals surface area contributed by atoms with Gasteiger partial charge in [-0.3, -0.25) is 0 Å². The van der Waals surface area contributed by atoms with Gasteiger partial charge in [-0.15, -0.1) is 0 Å². The molecule has 1 aromatic rings. The van der Waals surface area contributed by atoms with Gasteiger partial charge in [0.1, 0.15) is 5.82 Å². The van der Waals surface area contributed by atoms with Gasteiger partial charge >= 0.3 is 0 Å². The molecule has 0 saturated carbocycles. The first-order valence-electron chi connectivity index (χ1n) is 6.03. The number of piperidine rings is 1. The molecule has 1 fully saturated rings. The topological polar surface area (TPSA) is 29.0 Å². The third kappa shape index (κ3) is 2.85. The molecule has 0 aliphatic carbocycles. The van der Waals surface area contributed by atoms with E-state index in [2.05, 4.69) is 21.8 Å². The van der Waals surface area contributed by atoms with E-state index < -0.39 is 0 Å². The van der Waals surface area contributed by atoms with E-state index in [1.165, 1.54) is 25.7 Å². The maximum Gasteiger partial charge on any atom is 0.224 e. The number of aromatic nitrogens is 2. The van der Waals surface area contributed by atoms with E-state index in [1.807, 2.05) is 6.07 Å². The lowest BCUT2D eigenvalue weighted by atomic mass is 9.92. The molecule has 1 aromatic heterocycles. The van der Waals surface area contributed by atoms with Gasteiger partial charge in [-0.25, -0.2) is 9.97 Å². The largest absolute Gasteiger partial charge is 0.356 e. The molecule has 88 valence electrons. The van der Waals surface area contributed by atoms with Crippen molar-refractivity contribution in [1.82, 2.24) is 9.97 Å². The first-order chi connectivity index (χ1) is 7.79. The summed E-state index contributed by atoms with van der Waals surface area (Å²) in [6, 6.07) is 1.94. The van der Waals surface area contributed by atoms with Crippen molar-refractivity contribution in [2.24, 2.45) is 5.92 Å². The van der Waals surface area contributed by atoms with Crippen LogP contribution in [0.2, 0.25) is 5.28 Å². The van der Waals surface area contributed by atoms with E-state index in [0.29, 0.717) is 5.28 Å². The van der Waals surface area contributed by atoms with Crippen LogP contribution < -0.4 is 4.90 Å². The molecule has 2 rings (SSSR count). The summed E-state index contributed by atoms with van der Waals surface area (Å²) >= 11 is 5.79. The zero-order valence-corrected chi connectivity index (χ0v) is 10.5. The third-order valence-corrected chi connectivity index (χ3v) is 3.43. The van der Waals surface area contributed by atoms with Crippen LogP contribution in [0.3, 0.4) is 0 Å². The molecular weight excluding hydrogens is 222 g/mol. The molecule has 4 heteroatoms. The summed E-state index contributed by atoms with van der Waals surface area (Å²) in [4.78, 5) is 10.5. The molecule has 1 aliphatic rings. The Bertz CT molecular complexity index is 335. The van der Waals surface area contributed by atoms with Gasteiger partial charge in [0.15, 0.2) is 0 Å². The number of hydrogen-bond donors (Lipinski definition) is 0. The fourth-order valence-electron chi connectivity index (χ4n) is 2.36. The molecule has 0 spiro atoms. The van der Waals surface area contributed by atoms with Gasteiger partial charge < -0.3 is 4.90 Å². The summed E-state index contributed by atoms with van der Waals surface area (Å²) in [5.74, 6) is 1.87. The summed E-state index contributed by atoms with van der Waals surface area (Å²) in [7, 11) is 0. The molecule has 1 aliphatic heterocycles. The van der Waals surface area contributed by atoms with Crippen LogP contribution in [-0.2, 0) is 0 Å². The zero-order chi connectivity index (χ0) is 11.4. The minimum atomic E-state index is 0.341. The molecule has 0 aromatic carbocycles. The van der Waals surface area contributed by atoms with Crippen molar-refractivity contribution in [1.29, 1.82) is 0 Å². The summed E-state index contributed by atoms with van der Waals surface area (Å²) in [5, 5.41) is 0.341. The average Bonchev–Trinajstić information content (AvgIpc) is 2.30. The Hall–Kier alpha value is -0.830. The number of nitrogens with zero attached hydrogens (tertiary/aromatic N) is 3. The first kappa shape index (κ1) is 11.6. The molecule has 3 nitrogen and oxygen atoms in total. The molecular formula is C12H18ClN3. The van der Waals surface area contributed by atoms with Crippen LogP contribution in [0.5, 0.6) is 0 Å². The highest BCUT2D eigenvalue weighted by atomic mass is 35.5. The van der Waals surface area contributed by atoms with Gasteiger partial charge in [-0.1, -0.05) is 19.8 Å². The molecule has 1 saturated heterocycles. The number of anilines is 1. The Morgan fingerprint density at radius 1 is 1.44 bits per heavy atom. The Labute approximate surface area is 102 Å². The van der Waals surface area contributed by atoms with Gasteiger partial charge in [0, 0.05) is 19.3 Å². The highest BCUT2D eigenvalue weighted by Gasteiger charge is 2.19. The maximum absolute atomic E-state index is 5.79. The SMILES string of the molecule is CCCC1CCN(c2ccnc(Cl)n2)CC1. The predicted molar refractivity (Wildman–Crippen MR) is 66.9 cm³/mol. The highest BCUT2D eigenvalue weighted by molar-refractivity contribution is 6.28. The molecule has 0 radical (unpaired) electrons. The van der Waals surface area contributed by atoms with Crippen LogP contribution in [0.1, 0.15) is 32.6 Å². The Morgan fingerprint density at radius 2 is 2.19 bits per heavy atom. The van der Waals surface area contributed by atoms with Crippen molar-refractivity contribution in [3.63, 3.8) is 0 Å². The van der Waals surface area contributed by atoms with Crippen molar-refractivity contribution in [2.75, 3.05) is 18.0 Å². The summed E-state index contributed by atoms with van der Waals surface area (Å²) in [6.45, 7) is 4.45. The van der Waals surface area contributed by atoms with E-state index in [-0.39, 0.29) is 0 Å². The zero-order valence-electron chi connectivity index (χ0n) is 9.69. The molecule has 0 amide bonds. The van der Waals surface area contributed by atoms with Crippen LogP contribution in [0.4, 0.5) is 5.82 Å². The van der Waals surface area contributed by atoms with Crippen LogP contribution in [0, 0.1) is 5.92 Å². The molecule has 2 heterocycles. The molecule has 0 unspecified atom stereocenters. The predicted octanol–water partition coefficient (Wildman–Crippen LogP) is 3.15. The fraction of sp³-hybridized carbons (Fsp3) is 0.667. The van der Waals surface area contributed by atoms with Crippen molar-refractivity contribution in [2.45, 2.75) is 32.6 Å². The summed E-state index contributed by atoms with van der Waals surface area (Å²) < 4.78 is 0. The van der Waals surface area contributed by atoms with Gasteiger partial charge in [-0.2, -0.15) is 0 Å². The second-order valence-electron chi connectivity index (χ2n) is 4.40. The third-order valence-electron chi connectivity index (χ3n) is 3.25. The minimum absolute atomic E-state index is 0.341. The summed E-state index contributed by atoms with van der Waals surface area (Å²) in [6.07, 6.45) is 6.93.